The Morgan fingerprint density at radius 2 is 2.07 bits per heavy atom. The second-order valence-corrected chi connectivity index (χ2v) is 7.59. The van der Waals surface area contributed by atoms with E-state index in [9.17, 15) is 4.79 Å². The lowest BCUT2D eigenvalue weighted by Gasteiger charge is -2.26. The van der Waals surface area contributed by atoms with E-state index < -0.39 is 0 Å². The molecule has 1 aliphatic rings. The summed E-state index contributed by atoms with van der Waals surface area (Å²) in [6.07, 6.45) is 1.97. The molecule has 0 unspecified atom stereocenters. The van der Waals surface area contributed by atoms with Crippen molar-refractivity contribution in [2.75, 3.05) is 38.7 Å². The van der Waals surface area contributed by atoms with Gasteiger partial charge in [0.2, 0.25) is 0 Å². The number of aromatic nitrogens is 2. The number of hydrogen-bond donors (Lipinski definition) is 0. The Labute approximate surface area is 165 Å². The number of imidazole rings is 1. The topological polar surface area (TPSA) is 50.1 Å². The lowest BCUT2D eigenvalue weighted by atomic mass is 10.1. The monoisotopic (exact) mass is 380 g/mol. The van der Waals surface area contributed by atoms with Crippen molar-refractivity contribution in [1.29, 1.82) is 0 Å². The van der Waals surface area contributed by atoms with Crippen molar-refractivity contribution >= 4 is 28.5 Å². The number of rotatable bonds is 5. The van der Waals surface area contributed by atoms with Gasteiger partial charge < -0.3 is 14.5 Å². The van der Waals surface area contributed by atoms with Gasteiger partial charge in [0.1, 0.15) is 11.4 Å². The Bertz CT molecular complexity index is 1020. The Kier molecular flexibility index (Phi) is 4.98. The number of benzene rings is 1. The van der Waals surface area contributed by atoms with Gasteiger partial charge >= 0.3 is 5.97 Å². The van der Waals surface area contributed by atoms with Crippen molar-refractivity contribution in [3.63, 3.8) is 0 Å². The number of hydrogen-bond acceptors (Lipinski definition) is 5. The average Bonchev–Trinajstić information content (AvgIpc) is 3.32. The van der Waals surface area contributed by atoms with Gasteiger partial charge in [-0.15, -0.1) is 0 Å². The summed E-state index contributed by atoms with van der Waals surface area (Å²) < 4.78 is 7.50. The fourth-order valence-electron chi connectivity index (χ4n) is 4.19. The summed E-state index contributed by atoms with van der Waals surface area (Å²) in [6, 6.07) is 10.6. The predicted molar refractivity (Wildman–Crippen MR) is 112 cm³/mol. The molecule has 1 atom stereocenters. The van der Waals surface area contributed by atoms with Gasteiger partial charge in [-0.1, -0.05) is 19.1 Å². The molecule has 0 aliphatic carbocycles. The number of fused-ring (bicyclic) bond motifs is 3. The minimum atomic E-state index is -0.309. The molecule has 1 aliphatic heterocycles. The second kappa shape index (κ2) is 7.43. The van der Waals surface area contributed by atoms with Crippen LogP contribution in [0.3, 0.4) is 0 Å². The molecule has 0 N–H and O–H groups in total. The smallest absolute Gasteiger partial charge is 0.341 e. The van der Waals surface area contributed by atoms with E-state index in [2.05, 4.69) is 41.3 Å². The molecule has 3 heterocycles. The fourth-order valence-corrected chi connectivity index (χ4v) is 4.19. The molecule has 2 aromatic heterocycles. The third kappa shape index (κ3) is 3.02. The molecule has 0 radical (unpaired) electrons. The maximum absolute atomic E-state index is 12.7. The minimum absolute atomic E-state index is 0.309. The zero-order valence-electron chi connectivity index (χ0n) is 17.1. The summed E-state index contributed by atoms with van der Waals surface area (Å²) in [5.74, 6) is 0.847. The van der Waals surface area contributed by atoms with Gasteiger partial charge in [-0.3, -0.25) is 4.40 Å². The van der Waals surface area contributed by atoms with Gasteiger partial charge in [-0.2, -0.15) is 0 Å². The Hall–Kier alpha value is -2.60. The summed E-state index contributed by atoms with van der Waals surface area (Å²) >= 11 is 0. The number of para-hydroxylation sites is 2. The van der Waals surface area contributed by atoms with Crippen LogP contribution >= 0.6 is 0 Å². The first kappa shape index (κ1) is 18.7. The maximum Gasteiger partial charge on any atom is 0.341 e. The Morgan fingerprint density at radius 1 is 1.29 bits per heavy atom. The second-order valence-electron chi connectivity index (χ2n) is 7.59. The van der Waals surface area contributed by atoms with Crippen LogP contribution < -0.4 is 4.90 Å². The van der Waals surface area contributed by atoms with Crippen molar-refractivity contribution < 1.29 is 9.53 Å². The molecule has 6 nitrogen and oxygen atoms in total. The van der Waals surface area contributed by atoms with Gasteiger partial charge in [-0.25, -0.2) is 9.78 Å². The lowest BCUT2D eigenvalue weighted by molar-refractivity contribution is 0.0528. The third-order valence-electron chi connectivity index (χ3n) is 5.69. The first-order valence-electron chi connectivity index (χ1n) is 10.1. The van der Waals surface area contributed by atoms with E-state index in [1.807, 2.05) is 31.2 Å². The van der Waals surface area contributed by atoms with Crippen LogP contribution in [0.5, 0.6) is 0 Å². The molecule has 0 amide bonds. The molecular weight excluding hydrogens is 352 g/mol. The number of pyridine rings is 1. The number of carbonyl (C=O) groups is 1. The highest BCUT2D eigenvalue weighted by atomic mass is 16.5. The number of nitrogens with zero attached hydrogens (tertiary/aromatic N) is 4. The minimum Gasteiger partial charge on any atom is -0.462 e. The molecule has 28 heavy (non-hydrogen) atoms. The van der Waals surface area contributed by atoms with Crippen LogP contribution in [0.1, 0.15) is 36.2 Å². The van der Waals surface area contributed by atoms with E-state index in [0.717, 1.165) is 48.3 Å². The van der Waals surface area contributed by atoms with E-state index in [1.54, 1.807) is 0 Å². The number of ether oxygens (including phenoxy) is 1. The molecular formula is C22H28N4O2. The summed E-state index contributed by atoms with van der Waals surface area (Å²) in [4.78, 5) is 22.2. The molecule has 148 valence electrons. The molecule has 0 bridgehead atoms. The molecule has 4 rings (SSSR count). The molecule has 1 fully saturated rings. The zero-order valence-corrected chi connectivity index (χ0v) is 17.1. The fraction of sp³-hybridized carbons (Fsp3) is 0.455. The van der Waals surface area contributed by atoms with Crippen molar-refractivity contribution in [3.8, 4) is 0 Å². The highest BCUT2D eigenvalue weighted by Gasteiger charge is 2.29. The predicted octanol–water partition coefficient (Wildman–Crippen LogP) is 3.37. The quantitative estimate of drug-likeness (QED) is 0.635. The number of esters is 1. The molecule has 0 spiro atoms. The van der Waals surface area contributed by atoms with Crippen molar-refractivity contribution in [2.45, 2.75) is 32.7 Å². The van der Waals surface area contributed by atoms with Crippen molar-refractivity contribution in [3.05, 3.63) is 41.5 Å². The van der Waals surface area contributed by atoms with Crippen LogP contribution in [-0.4, -0.2) is 60.1 Å². The summed E-state index contributed by atoms with van der Waals surface area (Å²) in [5.41, 5.74) is 4.30. The Balaban J connectivity index is 1.98. The SMILES string of the molecule is CCOC(=O)c1cc(CC)c(N2CC[C@H](N(C)C)C2)n2c1nc1ccccc12. The summed E-state index contributed by atoms with van der Waals surface area (Å²) in [5, 5.41) is 0. The highest BCUT2D eigenvalue weighted by molar-refractivity contribution is 5.99. The number of anilines is 1. The van der Waals surface area contributed by atoms with Gasteiger partial charge in [-0.05, 0) is 57.6 Å². The average molecular weight is 380 g/mol. The number of aryl methyl sites for hydroxylation is 1. The van der Waals surface area contributed by atoms with Crippen LogP contribution in [0.4, 0.5) is 5.82 Å². The molecule has 1 saturated heterocycles. The van der Waals surface area contributed by atoms with Gasteiger partial charge in [0, 0.05) is 19.1 Å². The van der Waals surface area contributed by atoms with Crippen molar-refractivity contribution in [1.82, 2.24) is 14.3 Å². The van der Waals surface area contributed by atoms with Crippen LogP contribution in [-0.2, 0) is 11.2 Å². The zero-order chi connectivity index (χ0) is 19.8. The van der Waals surface area contributed by atoms with E-state index >= 15 is 0 Å². The van der Waals surface area contributed by atoms with Gasteiger partial charge in [0.05, 0.1) is 17.6 Å². The first-order chi connectivity index (χ1) is 13.5. The molecule has 0 saturated carbocycles. The molecule has 3 aromatic rings. The van der Waals surface area contributed by atoms with Crippen LogP contribution in [0.25, 0.3) is 16.7 Å². The number of likely N-dealkylation sites (N-methyl/N-ethyl adjacent to an activating group) is 1. The highest BCUT2D eigenvalue weighted by Crippen LogP contribution is 2.33. The largest absolute Gasteiger partial charge is 0.462 e. The van der Waals surface area contributed by atoms with Crippen LogP contribution in [0.2, 0.25) is 0 Å². The summed E-state index contributed by atoms with van der Waals surface area (Å²) in [6.45, 7) is 6.29. The van der Waals surface area contributed by atoms with E-state index in [-0.39, 0.29) is 5.97 Å². The standard InChI is InChI=1S/C22H28N4O2/c1-5-15-13-17(22(27)28-6-2)20-23-18-9-7-8-10-19(18)26(20)21(15)25-12-11-16(14-25)24(3)4/h7-10,13,16H,5-6,11-12,14H2,1-4H3/t16-/m0/s1. The molecule has 6 heteroatoms. The van der Waals surface area contributed by atoms with Gasteiger partial charge in [0.25, 0.3) is 0 Å². The summed E-state index contributed by atoms with van der Waals surface area (Å²) in [7, 11) is 4.28. The van der Waals surface area contributed by atoms with Crippen molar-refractivity contribution in [2.24, 2.45) is 0 Å². The van der Waals surface area contributed by atoms with Crippen LogP contribution in [0, 0.1) is 0 Å². The molecule has 1 aromatic carbocycles. The van der Waals surface area contributed by atoms with Gasteiger partial charge in [0.15, 0.2) is 5.65 Å². The maximum atomic E-state index is 12.7. The first-order valence-corrected chi connectivity index (χ1v) is 10.1. The normalized spacial score (nSPS) is 17.2. The Morgan fingerprint density at radius 3 is 2.75 bits per heavy atom. The van der Waals surface area contributed by atoms with E-state index in [0.29, 0.717) is 23.9 Å². The third-order valence-corrected chi connectivity index (χ3v) is 5.69. The van der Waals surface area contributed by atoms with Crippen LogP contribution in [0.15, 0.2) is 30.3 Å². The number of carbonyl (C=O) groups excluding carboxylic acids is 1. The van der Waals surface area contributed by atoms with E-state index in [4.69, 9.17) is 9.72 Å². The lowest BCUT2D eigenvalue weighted by Crippen LogP contribution is -2.32. The van der Waals surface area contributed by atoms with E-state index in [1.165, 1.54) is 0 Å².